The highest BCUT2D eigenvalue weighted by atomic mass is 32.1. The molecule has 0 aliphatic carbocycles. The van der Waals surface area contributed by atoms with Crippen molar-refractivity contribution in [3.05, 3.63) is 94.9 Å². The summed E-state index contributed by atoms with van der Waals surface area (Å²) in [7, 11) is 0. The average Bonchev–Trinajstić information content (AvgIpc) is 3.52. The molecule has 0 bridgehead atoms. The van der Waals surface area contributed by atoms with Crippen molar-refractivity contribution in [1.82, 2.24) is 20.4 Å². The van der Waals surface area contributed by atoms with E-state index in [1.54, 1.807) is 18.2 Å². The number of ether oxygens (including phenoxy) is 1. The van der Waals surface area contributed by atoms with Crippen LogP contribution in [0.3, 0.4) is 0 Å². The van der Waals surface area contributed by atoms with Gasteiger partial charge in [0.15, 0.2) is 5.82 Å². The van der Waals surface area contributed by atoms with E-state index < -0.39 is 17.5 Å². The number of rotatable bonds is 10. The second-order valence-corrected chi connectivity index (χ2v) is 11.1. The van der Waals surface area contributed by atoms with Crippen molar-refractivity contribution in [2.45, 2.75) is 45.8 Å². The van der Waals surface area contributed by atoms with Crippen LogP contribution in [0.2, 0.25) is 0 Å². The van der Waals surface area contributed by atoms with Crippen molar-refractivity contribution in [3.63, 3.8) is 0 Å². The van der Waals surface area contributed by atoms with Gasteiger partial charge in [0, 0.05) is 18.2 Å². The van der Waals surface area contributed by atoms with Gasteiger partial charge < -0.3 is 20.7 Å². The highest BCUT2D eigenvalue weighted by Crippen LogP contribution is 2.33. The lowest BCUT2D eigenvalue weighted by Gasteiger charge is -2.26. The van der Waals surface area contributed by atoms with Crippen LogP contribution in [0.4, 0.5) is 10.6 Å². The van der Waals surface area contributed by atoms with E-state index in [9.17, 15) is 14.4 Å². The number of thiophene rings is 1. The Morgan fingerprint density at radius 1 is 1.07 bits per heavy atom. The number of anilines is 1. The van der Waals surface area contributed by atoms with Gasteiger partial charge in [-0.25, -0.2) is 4.79 Å². The molecule has 0 radical (unpaired) electrons. The van der Waals surface area contributed by atoms with Gasteiger partial charge in [0.25, 0.3) is 11.8 Å². The zero-order valence-electron chi connectivity index (χ0n) is 23.0. The molecule has 0 spiro atoms. The van der Waals surface area contributed by atoms with Gasteiger partial charge in [-0.1, -0.05) is 69.0 Å². The topological polar surface area (TPSA) is 114 Å². The lowest BCUT2D eigenvalue weighted by atomic mass is 9.94. The van der Waals surface area contributed by atoms with E-state index in [-0.39, 0.29) is 18.3 Å². The van der Waals surface area contributed by atoms with Crippen molar-refractivity contribution in [2.24, 2.45) is 0 Å². The maximum absolute atomic E-state index is 13.3. The summed E-state index contributed by atoms with van der Waals surface area (Å²) in [6.07, 6.45) is 0.700. The van der Waals surface area contributed by atoms with Crippen LogP contribution in [-0.4, -0.2) is 40.3 Å². The molecule has 0 aliphatic rings. The fraction of sp³-hybridized carbons (Fsp3) is 0.267. The van der Waals surface area contributed by atoms with Gasteiger partial charge in [0.05, 0.1) is 15.8 Å². The molecule has 10 heteroatoms. The third kappa shape index (κ3) is 6.64. The minimum atomic E-state index is -0.745. The highest BCUT2D eigenvalue weighted by molar-refractivity contribution is 7.20. The van der Waals surface area contributed by atoms with Crippen LogP contribution in [-0.2, 0) is 16.8 Å². The van der Waals surface area contributed by atoms with E-state index in [4.69, 9.17) is 4.74 Å². The first-order valence-electron chi connectivity index (χ1n) is 12.9. The Morgan fingerprint density at radius 2 is 1.77 bits per heavy atom. The highest BCUT2D eigenvalue weighted by Gasteiger charge is 2.27. The Hall–Kier alpha value is -4.28. The molecule has 2 aromatic carbocycles. The SMILES string of the molecule is C=CCOC(=O)n1nc(NC(=O)c2ccc(CNC(C)C)cc2)c2cc(C(=O)NC(C)(C)c3ccccc3)sc21. The molecule has 2 amide bonds. The molecule has 40 heavy (non-hydrogen) atoms. The lowest BCUT2D eigenvalue weighted by Crippen LogP contribution is -2.40. The van der Waals surface area contributed by atoms with Crippen LogP contribution < -0.4 is 16.0 Å². The number of benzene rings is 2. The van der Waals surface area contributed by atoms with E-state index >= 15 is 0 Å². The molecule has 208 valence electrons. The zero-order chi connectivity index (χ0) is 28.9. The van der Waals surface area contributed by atoms with E-state index in [0.29, 0.717) is 33.2 Å². The summed E-state index contributed by atoms with van der Waals surface area (Å²) < 4.78 is 6.23. The first-order valence-corrected chi connectivity index (χ1v) is 13.7. The molecule has 0 unspecified atom stereocenters. The molecule has 0 fully saturated rings. The quantitative estimate of drug-likeness (QED) is 0.215. The molecule has 9 nitrogen and oxygen atoms in total. The summed E-state index contributed by atoms with van der Waals surface area (Å²) in [6.45, 7) is 12.2. The normalized spacial score (nSPS) is 11.4. The van der Waals surface area contributed by atoms with Gasteiger partial charge in [0.2, 0.25) is 0 Å². The monoisotopic (exact) mass is 559 g/mol. The van der Waals surface area contributed by atoms with Gasteiger partial charge in [-0.15, -0.1) is 16.4 Å². The Morgan fingerprint density at radius 3 is 2.42 bits per heavy atom. The van der Waals surface area contributed by atoms with E-state index in [2.05, 4.69) is 41.5 Å². The first-order chi connectivity index (χ1) is 19.1. The lowest BCUT2D eigenvalue weighted by molar-refractivity contribution is 0.0915. The molecule has 3 N–H and O–H groups in total. The summed E-state index contributed by atoms with van der Waals surface area (Å²) in [6, 6.07) is 18.8. The van der Waals surface area contributed by atoms with Gasteiger partial charge in [-0.2, -0.15) is 4.68 Å². The summed E-state index contributed by atoms with van der Waals surface area (Å²) >= 11 is 1.09. The van der Waals surface area contributed by atoms with Gasteiger partial charge >= 0.3 is 6.09 Å². The molecule has 2 heterocycles. The van der Waals surface area contributed by atoms with Crippen LogP contribution >= 0.6 is 11.3 Å². The van der Waals surface area contributed by atoms with Crippen molar-refractivity contribution >= 4 is 45.3 Å². The van der Waals surface area contributed by atoms with Gasteiger partial charge in [-0.3, -0.25) is 9.59 Å². The second kappa shape index (κ2) is 12.3. The van der Waals surface area contributed by atoms with E-state index in [0.717, 1.165) is 27.1 Å². The predicted molar refractivity (Wildman–Crippen MR) is 158 cm³/mol. The van der Waals surface area contributed by atoms with Crippen LogP contribution in [0.1, 0.15) is 58.9 Å². The number of amides is 2. The first kappa shape index (κ1) is 28.7. The molecule has 2 aromatic heterocycles. The summed E-state index contributed by atoms with van der Waals surface area (Å²) in [5.41, 5.74) is 1.79. The zero-order valence-corrected chi connectivity index (χ0v) is 23.8. The number of fused-ring (bicyclic) bond motifs is 1. The van der Waals surface area contributed by atoms with E-state index in [1.807, 2.05) is 56.3 Å². The molecule has 0 atom stereocenters. The second-order valence-electron chi connectivity index (χ2n) is 10.1. The summed E-state index contributed by atoms with van der Waals surface area (Å²) in [5, 5.41) is 13.9. The maximum atomic E-state index is 13.3. The third-order valence-electron chi connectivity index (χ3n) is 6.17. The van der Waals surface area contributed by atoms with E-state index in [1.165, 1.54) is 6.08 Å². The number of carbonyl (C=O) groups excluding carboxylic acids is 3. The predicted octanol–water partition coefficient (Wildman–Crippen LogP) is 5.68. The Balaban J connectivity index is 1.61. The Kier molecular flexibility index (Phi) is 8.81. The molecular weight excluding hydrogens is 526 g/mol. The summed E-state index contributed by atoms with van der Waals surface area (Å²) in [5.74, 6) is -0.556. The standard InChI is InChI=1S/C30H33N5O4S/c1-6-16-39-29(38)35-28-23(17-24(40-28)27(37)33-30(4,5)22-10-8-7-9-11-22)25(34-35)32-26(36)21-14-12-20(13-15-21)18-31-19(2)3/h6-15,17,19,31H,1,16,18H2,2-5H3,(H,33,37)(H,32,34,36). The van der Waals surface area contributed by atoms with Crippen molar-refractivity contribution in [2.75, 3.05) is 11.9 Å². The van der Waals surface area contributed by atoms with Crippen LogP contribution in [0.5, 0.6) is 0 Å². The number of hydrogen-bond acceptors (Lipinski definition) is 7. The third-order valence-corrected chi connectivity index (χ3v) is 7.27. The molecule has 4 rings (SSSR count). The fourth-order valence-corrected chi connectivity index (χ4v) is 4.97. The Labute approximate surface area is 237 Å². The van der Waals surface area contributed by atoms with Crippen molar-refractivity contribution < 1.29 is 19.1 Å². The molecule has 0 saturated carbocycles. The molecule has 4 aromatic rings. The Bertz CT molecular complexity index is 1520. The molecule has 0 saturated heterocycles. The average molecular weight is 560 g/mol. The number of aromatic nitrogens is 2. The smallest absolute Gasteiger partial charge is 0.436 e. The molecule has 0 aliphatic heterocycles. The van der Waals surface area contributed by atoms with Crippen molar-refractivity contribution in [1.29, 1.82) is 0 Å². The minimum Gasteiger partial charge on any atom is -0.444 e. The number of nitrogens with one attached hydrogen (secondary N) is 3. The van der Waals surface area contributed by atoms with Crippen LogP contribution in [0, 0.1) is 0 Å². The molecular formula is C30H33N5O4S. The number of hydrogen-bond donors (Lipinski definition) is 3. The largest absolute Gasteiger partial charge is 0.444 e. The minimum absolute atomic E-state index is 0.0100. The fourth-order valence-electron chi connectivity index (χ4n) is 3.98. The number of carbonyl (C=O) groups is 3. The van der Waals surface area contributed by atoms with Crippen LogP contribution in [0.15, 0.2) is 73.3 Å². The van der Waals surface area contributed by atoms with Crippen molar-refractivity contribution in [3.8, 4) is 0 Å². The van der Waals surface area contributed by atoms with Gasteiger partial charge in [-0.05, 0) is 43.2 Å². The number of nitrogens with zero attached hydrogens (tertiary/aromatic N) is 2. The van der Waals surface area contributed by atoms with Crippen LogP contribution in [0.25, 0.3) is 10.2 Å². The van der Waals surface area contributed by atoms with Gasteiger partial charge in [0.1, 0.15) is 11.4 Å². The summed E-state index contributed by atoms with van der Waals surface area (Å²) in [4.78, 5) is 39.9. The maximum Gasteiger partial charge on any atom is 0.436 e.